The third-order valence-corrected chi connectivity index (χ3v) is 2.53. The Morgan fingerprint density at radius 2 is 2.07 bits per heavy atom. The number of aldehydes is 1. The van der Waals surface area contributed by atoms with Crippen LogP contribution in [0, 0.1) is 13.8 Å². The average molecular weight is 199 g/mol. The van der Waals surface area contributed by atoms with Crippen LogP contribution in [-0.2, 0) is 11.2 Å². The minimum Gasteiger partial charge on any atom is -0.303 e. The van der Waals surface area contributed by atoms with E-state index in [0.717, 1.165) is 28.6 Å². The van der Waals surface area contributed by atoms with Crippen molar-refractivity contribution in [2.75, 3.05) is 0 Å². The highest BCUT2D eigenvalue weighted by atomic mass is 16.1. The normalized spacial score (nSPS) is 10.5. The molecule has 0 radical (unpaired) electrons. The van der Waals surface area contributed by atoms with Gasteiger partial charge in [-0.05, 0) is 36.9 Å². The maximum absolute atomic E-state index is 10.4. The molecule has 0 fully saturated rings. The molecule has 2 rings (SSSR count). The molecular weight excluding hydrogens is 186 g/mol. The van der Waals surface area contributed by atoms with Crippen molar-refractivity contribution in [1.29, 1.82) is 0 Å². The van der Waals surface area contributed by atoms with Gasteiger partial charge in [-0.15, -0.1) is 0 Å². The summed E-state index contributed by atoms with van der Waals surface area (Å²) in [5.74, 6) is 0. The average Bonchev–Trinajstić information content (AvgIpc) is 2.19. The number of carbonyl (C=O) groups excluding carboxylic acids is 1. The Balaban J connectivity index is 2.65. The zero-order chi connectivity index (χ0) is 10.8. The number of rotatable bonds is 2. The molecule has 1 heterocycles. The van der Waals surface area contributed by atoms with Gasteiger partial charge in [0.15, 0.2) is 0 Å². The number of aromatic nitrogens is 1. The van der Waals surface area contributed by atoms with Crippen molar-refractivity contribution in [2.45, 2.75) is 20.3 Å². The van der Waals surface area contributed by atoms with Gasteiger partial charge < -0.3 is 4.79 Å². The maximum Gasteiger partial charge on any atom is 0.124 e. The largest absolute Gasteiger partial charge is 0.303 e. The summed E-state index contributed by atoms with van der Waals surface area (Å²) in [7, 11) is 0. The van der Waals surface area contributed by atoms with Gasteiger partial charge in [0.2, 0.25) is 0 Å². The van der Waals surface area contributed by atoms with E-state index in [4.69, 9.17) is 0 Å². The standard InChI is InChI=1S/C13H13NO/c1-9-7-12-4-3-11(5-6-15)8-13(12)10(2)14-9/h3-4,6-8H,5H2,1-2H3. The van der Waals surface area contributed by atoms with E-state index in [0.29, 0.717) is 6.42 Å². The lowest BCUT2D eigenvalue weighted by Gasteiger charge is -2.05. The van der Waals surface area contributed by atoms with Gasteiger partial charge in [0, 0.05) is 23.2 Å². The molecule has 0 amide bonds. The molecule has 0 saturated carbocycles. The SMILES string of the molecule is Cc1cc2ccc(CC=O)cc2c(C)n1. The van der Waals surface area contributed by atoms with E-state index in [1.54, 1.807) is 0 Å². The molecule has 15 heavy (non-hydrogen) atoms. The highest BCUT2D eigenvalue weighted by Crippen LogP contribution is 2.19. The van der Waals surface area contributed by atoms with Crippen LogP contribution in [0.2, 0.25) is 0 Å². The van der Waals surface area contributed by atoms with Gasteiger partial charge in [0.1, 0.15) is 6.29 Å². The van der Waals surface area contributed by atoms with E-state index in [1.165, 1.54) is 5.39 Å². The zero-order valence-electron chi connectivity index (χ0n) is 8.95. The fourth-order valence-electron chi connectivity index (χ4n) is 1.85. The van der Waals surface area contributed by atoms with Gasteiger partial charge in [-0.3, -0.25) is 4.98 Å². The number of fused-ring (bicyclic) bond motifs is 1. The molecule has 2 aromatic rings. The Kier molecular flexibility index (Phi) is 2.50. The molecule has 0 aliphatic rings. The van der Waals surface area contributed by atoms with Crippen LogP contribution in [0.1, 0.15) is 17.0 Å². The number of benzene rings is 1. The molecule has 0 N–H and O–H groups in total. The first-order valence-corrected chi connectivity index (χ1v) is 5.01. The van der Waals surface area contributed by atoms with Crippen LogP contribution in [0.25, 0.3) is 10.8 Å². The van der Waals surface area contributed by atoms with Crippen molar-refractivity contribution in [3.63, 3.8) is 0 Å². The Hall–Kier alpha value is -1.70. The van der Waals surface area contributed by atoms with Crippen molar-refractivity contribution >= 4 is 17.1 Å². The topological polar surface area (TPSA) is 30.0 Å². The Bertz CT molecular complexity index is 517. The molecule has 0 unspecified atom stereocenters. The van der Waals surface area contributed by atoms with Gasteiger partial charge in [0.05, 0.1) is 0 Å². The van der Waals surface area contributed by atoms with Gasteiger partial charge in [0.25, 0.3) is 0 Å². The van der Waals surface area contributed by atoms with E-state index in [1.807, 2.05) is 26.0 Å². The minimum absolute atomic E-state index is 0.475. The number of nitrogens with zero attached hydrogens (tertiary/aromatic N) is 1. The van der Waals surface area contributed by atoms with Crippen molar-refractivity contribution in [3.8, 4) is 0 Å². The molecule has 0 aliphatic carbocycles. The second-order valence-electron chi connectivity index (χ2n) is 3.78. The first-order valence-electron chi connectivity index (χ1n) is 5.01. The third-order valence-electron chi connectivity index (χ3n) is 2.53. The highest BCUT2D eigenvalue weighted by molar-refractivity contribution is 5.85. The van der Waals surface area contributed by atoms with Crippen molar-refractivity contribution in [1.82, 2.24) is 4.98 Å². The smallest absolute Gasteiger partial charge is 0.124 e. The van der Waals surface area contributed by atoms with Crippen LogP contribution in [0.5, 0.6) is 0 Å². The zero-order valence-corrected chi connectivity index (χ0v) is 8.95. The lowest BCUT2D eigenvalue weighted by atomic mass is 10.0. The van der Waals surface area contributed by atoms with Crippen LogP contribution in [0.3, 0.4) is 0 Å². The first kappa shape index (κ1) is 9.84. The molecule has 0 atom stereocenters. The van der Waals surface area contributed by atoms with E-state index < -0.39 is 0 Å². The summed E-state index contributed by atoms with van der Waals surface area (Å²) in [4.78, 5) is 14.8. The molecule has 0 aliphatic heterocycles. The minimum atomic E-state index is 0.475. The molecule has 76 valence electrons. The lowest BCUT2D eigenvalue weighted by Crippen LogP contribution is -1.91. The Labute approximate surface area is 89.0 Å². The molecule has 1 aromatic carbocycles. The number of pyridine rings is 1. The first-order chi connectivity index (χ1) is 7.20. The molecule has 0 bridgehead atoms. The monoisotopic (exact) mass is 199 g/mol. The van der Waals surface area contributed by atoms with Gasteiger partial charge in [-0.25, -0.2) is 0 Å². The molecule has 1 aromatic heterocycles. The molecule has 0 spiro atoms. The van der Waals surface area contributed by atoms with E-state index >= 15 is 0 Å². The summed E-state index contributed by atoms with van der Waals surface area (Å²) in [5.41, 5.74) is 3.10. The quantitative estimate of drug-likeness (QED) is 0.696. The van der Waals surface area contributed by atoms with Crippen LogP contribution in [0.4, 0.5) is 0 Å². The summed E-state index contributed by atoms with van der Waals surface area (Å²) in [6, 6.07) is 8.16. The summed E-state index contributed by atoms with van der Waals surface area (Å²) in [5, 5.41) is 2.33. The highest BCUT2D eigenvalue weighted by Gasteiger charge is 2.01. The molecule has 2 heteroatoms. The molecular formula is C13H13NO. The van der Waals surface area contributed by atoms with Gasteiger partial charge >= 0.3 is 0 Å². The van der Waals surface area contributed by atoms with Crippen LogP contribution >= 0.6 is 0 Å². The van der Waals surface area contributed by atoms with E-state index in [2.05, 4.69) is 17.1 Å². The third kappa shape index (κ3) is 1.89. The second kappa shape index (κ2) is 3.81. The molecule has 0 saturated heterocycles. The van der Waals surface area contributed by atoms with Crippen molar-refractivity contribution < 1.29 is 4.79 Å². The number of carbonyl (C=O) groups is 1. The van der Waals surface area contributed by atoms with Crippen LogP contribution < -0.4 is 0 Å². The number of aryl methyl sites for hydroxylation is 2. The van der Waals surface area contributed by atoms with E-state index in [9.17, 15) is 4.79 Å². The number of hydrogen-bond acceptors (Lipinski definition) is 2. The summed E-state index contributed by atoms with van der Waals surface area (Å²) in [6.07, 6.45) is 1.40. The predicted octanol–water partition coefficient (Wildman–Crippen LogP) is 2.59. The summed E-state index contributed by atoms with van der Waals surface area (Å²) >= 11 is 0. The fourth-order valence-corrected chi connectivity index (χ4v) is 1.85. The second-order valence-corrected chi connectivity index (χ2v) is 3.78. The van der Waals surface area contributed by atoms with Crippen LogP contribution in [0.15, 0.2) is 24.3 Å². The van der Waals surface area contributed by atoms with Gasteiger partial charge in [-0.2, -0.15) is 0 Å². The van der Waals surface area contributed by atoms with Crippen molar-refractivity contribution in [3.05, 3.63) is 41.2 Å². The summed E-state index contributed by atoms with van der Waals surface area (Å²) in [6.45, 7) is 3.99. The predicted molar refractivity (Wildman–Crippen MR) is 61.0 cm³/mol. The van der Waals surface area contributed by atoms with E-state index in [-0.39, 0.29) is 0 Å². The maximum atomic E-state index is 10.4. The van der Waals surface area contributed by atoms with Crippen LogP contribution in [-0.4, -0.2) is 11.3 Å². The Morgan fingerprint density at radius 1 is 1.27 bits per heavy atom. The Morgan fingerprint density at radius 3 is 2.80 bits per heavy atom. The fraction of sp³-hybridized carbons (Fsp3) is 0.231. The lowest BCUT2D eigenvalue weighted by molar-refractivity contribution is -0.107. The van der Waals surface area contributed by atoms with Crippen molar-refractivity contribution in [2.24, 2.45) is 0 Å². The van der Waals surface area contributed by atoms with Gasteiger partial charge in [-0.1, -0.05) is 12.1 Å². The molecule has 2 nitrogen and oxygen atoms in total. The summed E-state index contributed by atoms with van der Waals surface area (Å²) < 4.78 is 0. The number of hydrogen-bond donors (Lipinski definition) is 0.